The van der Waals surface area contributed by atoms with Gasteiger partial charge in [0.05, 0.1) is 31.3 Å². The molecule has 62 heavy (non-hydrogen) atoms. The number of carbonyl (C=O) groups excluding carboxylic acids is 1. The molecule has 0 radical (unpaired) electrons. The van der Waals surface area contributed by atoms with Crippen LogP contribution in [0.3, 0.4) is 0 Å². The molecular formula is C57H113NO4. The van der Waals surface area contributed by atoms with E-state index in [2.05, 4.69) is 31.3 Å². The first-order valence-corrected chi connectivity index (χ1v) is 28.5. The van der Waals surface area contributed by atoms with E-state index >= 15 is 0 Å². The van der Waals surface area contributed by atoms with Gasteiger partial charge in [-0.2, -0.15) is 0 Å². The predicted molar refractivity (Wildman–Crippen MR) is 273 cm³/mol. The maximum Gasteiger partial charge on any atom is 0.222 e. The molecule has 0 aromatic carbocycles. The molecule has 4 N–H and O–H groups in total. The minimum atomic E-state index is -0.747. The molecule has 0 rings (SSSR count). The summed E-state index contributed by atoms with van der Waals surface area (Å²) in [5, 5.41) is 33.6. The van der Waals surface area contributed by atoms with Gasteiger partial charge in [0, 0.05) is 0 Å². The predicted octanol–water partition coefficient (Wildman–Crippen LogP) is 17.5. The number of nitrogens with one attached hydrogen (secondary N) is 1. The maximum absolute atomic E-state index is 12.5. The first-order valence-electron chi connectivity index (χ1n) is 28.5. The van der Waals surface area contributed by atoms with Crippen LogP contribution in [0.1, 0.15) is 322 Å². The van der Waals surface area contributed by atoms with E-state index in [-0.39, 0.29) is 18.9 Å². The van der Waals surface area contributed by atoms with E-state index in [0.29, 0.717) is 12.8 Å². The van der Waals surface area contributed by atoms with Gasteiger partial charge in [0.1, 0.15) is 0 Å². The summed E-state index contributed by atoms with van der Waals surface area (Å²) in [7, 11) is 0. The fourth-order valence-electron chi connectivity index (χ4n) is 9.23. The summed E-state index contributed by atoms with van der Waals surface area (Å²) in [6.45, 7) is 4.30. The molecule has 0 aromatic heterocycles. The molecule has 3 atom stereocenters. The van der Waals surface area contributed by atoms with E-state index in [9.17, 15) is 20.1 Å². The van der Waals surface area contributed by atoms with Crippen molar-refractivity contribution in [3.05, 3.63) is 12.2 Å². The summed E-state index contributed by atoms with van der Waals surface area (Å²) in [6.07, 6.45) is 65.1. The largest absolute Gasteiger partial charge is 0.394 e. The maximum atomic E-state index is 12.5. The van der Waals surface area contributed by atoms with Gasteiger partial charge >= 0.3 is 0 Å². The van der Waals surface area contributed by atoms with Gasteiger partial charge in [-0.3, -0.25) is 4.79 Å². The molecule has 0 aliphatic carbocycles. The van der Waals surface area contributed by atoms with Crippen molar-refractivity contribution < 1.29 is 20.1 Å². The van der Waals surface area contributed by atoms with Crippen LogP contribution in [0.4, 0.5) is 0 Å². The average Bonchev–Trinajstić information content (AvgIpc) is 3.27. The lowest BCUT2D eigenvalue weighted by Crippen LogP contribution is -2.46. The number of aliphatic hydroxyl groups excluding tert-OH is 3. The van der Waals surface area contributed by atoms with Crippen LogP contribution in [0.5, 0.6) is 0 Å². The lowest BCUT2D eigenvalue weighted by Gasteiger charge is -2.23. The number of hydrogen-bond acceptors (Lipinski definition) is 4. The van der Waals surface area contributed by atoms with E-state index in [1.807, 2.05) is 0 Å². The summed E-state index contributed by atoms with van der Waals surface area (Å²) in [6, 6.07) is -0.656. The van der Waals surface area contributed by atoms with Crippen LogP contribution in [-0.2, 0) is 4.79 Å². The zero-order chi connectivity index (χ0) is 45.1. The molecule has 3 unspecified atom stereocenters. The Morgan fingerprint density at radius 3 is 0.935 bits per heavy atom. The normalized spacial score (nSPS) is 13.3. The van der Waals surface area contributed by atoms with Crippen molar-refractivity contribution in [1.29, 1.82) is 0 Å². The zero-order valence-corrected chi connectivity index (χ0v) is 42.3. The van der Waals surface area contributed by atoms with Crippen molar-refractivity contribution in [3.8, 4) is 0 Å². The minimum Gasteiger partial charge on any atom is -0.394 e. The van der Waals surface area contributed by atoms with E-state index in [1.54, 1.807) is 0 Å². The first-order chi connectivity index (χ1) is 30.5. The van der Waals surface area contributed by atoms with Gasteiger partial charge in [0.15, 0.2) is 0 Å². The van der Waals surface area contributed by atoms with Crippen LogP contribution >= 0.6 is 0 Å². The molecule has 0 fully saturated rings. The third kappa shape index (κ3) is 48.5. The molecule has 0 aromatic rings. The Morgan fingerprint density at radius 2 is 0.645 bits per heavy atom. The molecule has 0 spiro atoms. The van der Waals surface area contributed by atoms with E-state index in [0.717, 1.165) is 25.7 Å². The molecule has 0 aliphatic rings. The lowest BCUT2D eigenvalue weighted by atomic mass is 10.0. The molecule has 0 saturated heterocycles. The molecule has 5 heteroatoms. The van der Waals surface area contributed by atoms with Crippen LogP contribution in [0.2, 0.25) is 0 Å². The third-order valence-electron chi connectivity index (χ3n) is 13.6. The van der Waals surface area contributed by atoms with Gasteiger partial charge in [0.2, 0.25) is 5.91 Å². The molecule has 1 amide bonds. The van der Waals surface area contributed by atoms with E-state index in [1.165, 1.54) is 263 Å². The second kappa shape index (κ2) is 52.7. The molecular weight excluding hydrogens is 763 g/mol. The second-order valence-corrected chi connectivity index (χ2v) is 19.9. The minimum absolute atomic E-state index is 0.0407. The average molecular weight is 877 g/mol. The van der Waals surface area contributed by atoms with Gasteiger partial charge in [-0.1, -0.05) is 289 Å². The van der Waals surface area contributed by atoms with Gasteiger partial charge in [0.25, 0.3) is 0 Å². The Labute approximate surface area is 389 Å². The van der Waals surface area contributed by atoms with Crippen LogP contribution in [-0.4, -0.2) is 46.1 Å². The highest BCUT2D eigenvalue weighted by molar-refractivity contribution is 5.76. The Balaban J connectivity index is 3.49. The first kappa shape index (κ1) is 61.1. The van der Waals surface area contributed by atoms with E-state index < -0.39 is 18.2 Å². The summed E-state index contributed by atoms with van der Waals surface area (Å²) >= 11 is 0. The fourth-order valence-corrected chi connectivity index (χ4v) is 9.23. The second-order valence-electron chi connectivity index (χ2n) is 19.9. The summed E-state index contributed by atoms with van der Waals surface area (Å²) in [5.41, 5.74) is 0. The van der Waals surface area contributed by atoms with Crippen LogP contribution in [0.15, 0.2) is 12.2 Å². The number of hydrogen-bond donors (Lipinski definition) is 4. The highest BCUT2D eigenvalue weighted by Gasteiger charge is 2.21. The number of amides is 1. The number of aliphatic hydroxyl groups is 3. The van der Waals surface area contributed by atoms with Crippen molar-refractivity contribution in [2.75, 3.05) is 6.61 Å². The van der Waals surface area contributed by atoms with Gasteiger partial charge in [-0.05, 0) is 38.5 Å². The summed E-state index contributed by atoms with van der Waals surface area (Å²) in [5.74, 6) is -0.277. The third-order valence-corrected chi connectivity index (χ3v) is 13.6. The topological polar surface area (TPSA) is 89.8 Å². The molecule has 5 nitrogen and oxygen atoms in total. The SMILES string of the molecule is CCCCCCCCCCCCCC/C=C\CCCCCCCCCCCCCCCC(O)CC(=O)NC(CO)C(O)CCCCCCCCCCCCCCCCCCCC. The molecule has 370 valence electrons. The van der Waals surface area contributed by atoms with Gasteiger partial charge in [-0.25, -0.2) is 0 Å². The van der Waals surface area contributed by atoms with Crippen molar-refractivity contribution in [2.24, 2.45) is 0 Å². The van der Waals surface area contributed by atoms with Gasteiger partial charge in [-0.15, -0.1) is 0 Å². The van der Waals surface area contributed by atoms with Gasteiger partial charge < -0.3 is 20.6 Å². The Morgan fingerprint density at radius 1 is 0.387 bits per heavy atom. The summed E-state index contributed by atoms with van der Waals surface area (Å²) < 4.78 is 0. The van der Waals surface area contributed by atoms with Crippen molar-refractivity contribution >= 4 is 5.91 Å². The lowest BCUT2D eigenvalue weighted by molar-refractivity contribution is -0.125. The molecule has 0 bridgehead atoms. The monoisotopic (exact) mass is 876 g/mol. The highest BCUT2D eigenvalue weighted by atomic mass is 16.3. The molecule has 0 aliphatic heterocycles. The number of unbranched alkanes of at least 4 members (excludes halogenated alkanes) is 42. The quantitative estimate of drug-likeness (QED) is 0.0362. The molecule has 0 heterocycles. The van der Waals surface area contributed by atoms with Crippen molar-refractivity contribution in [1.82, 2.24) is 5.32 Å². The fraction of sp³-hybridized carbons (Fsp3) is 0.947. The standard InChI is InChI=1S/C57H113NO4/c1-3-5-7-9-11-13-15-17-19-21-23-24-25-26-27-28-29-30-31-32-33-34-36-38-40-42-44-46-48-50-54(60)52-57(62)58-55(53-59)56(61)51-49-47-45-43-41-39-37-35-22-20-18-16-14-12-10-8-6-4-2/h26-27,54-56,59-61H,3-25,28-53H2,1-2H3,(H,58,62)/b27-26-. The van der Waals surface area contributed by atoms with E-state index in [4.69, 9.17) is 0 Å². The van der Waals surface area contributed by atoms with Crippen molar-refractivity contribution in [3.63, 3.8) is 0 Å². The van der Waals surface area contributed by atoms with Crippen molar-refractivity contribution in [2.45, 2.75) is 340 Å². The Hall–Kier alpha value is -0.910. The van der Waals surface area contributed by atoms with Crippen LogP contribution in [0, 0.1) is 0 Å². The molecule has 0 saturated carbocycles. The summed E-state index contributed by atoms with van der Waals surface area (Å²) in [4.78, 5) is 12.5. The highest BCUT2D eigenvalue weighted by Crippen LogP contribution is 2.18. The Bertz CT molecular complexity index is 879. The number of carbonyl (C=O) groups is 1. The number of rotatable bonds is 53. The smallest absolute Gasteiger partial charge is 0.222 e. The van der Waals surface area contributed by atoms with Crippen LogP contribution < -0.4 is 5.32 Å². The number of allylic oxidation sites excluding steroid dienone is 2. The van der Waals surface area contributed by atoms with Crippen LogP contribution in [0.25, 0.3) is 0 Å². The zero-order valence-electron chi connectivity index (χ0n) is 42.3. The Kier molecular flexibility index (Phi) is 51.9.